The van der Waals surface area contributed by atoms with Crippen LogP contribution in [0.15, 0.2) is 48.7 Å². The summed E-state index contributed by atoms with van der Waals surface area (Å²) in [6.45, 7) is 0.370. The average molecular weight is 720 g/mol. The average Bonchev–Trinajstić information content (AvgIpc) is 3.01. The third kappa shape index (κ3) is 11.6. The molecule has 4 aromatic rings. The number of halogens is 1. The van der Waals surface area contributed by atoms with Gasteiger partial charge in [-0.25, -0.2) is 19.6 Å². The fourth-order valence-corrected chi connectivity index (χ4v) is 3.75. The van der Waals surface area contributed by atoms with Crippen molar-refractivity contribution >= 4 is 75.1 Å². The molecule has 252 valence electrons. The van der Waals surface area contributed by atoms with Crippen molar-refractivity contribution in [3.8, 4) is 5.75 Å². The van der Waals surface area contributed by atoms with Gasteiger partial charge in [-0.1, -0.05) is 0 Å². The van der Waals surface area contributed by atoms with Gasteiger partial charge in [-0.15, -0.1) is 17.0 Å². The molecule has 0 radical (unpaired) electrons. The van der Waals surface area contributed by atoms with Gasteiger partial charge in [-0.2, -0.15) is 9.97 Å². The Kier molecular flexibility index (Phi) is 15.2. The minimum atomic E-state index is -1.30. The highest BCUT2D eigenvalue weighted by molar-refractivity contribution is 8.93. The molecule has 0 aliphatic rings. The number of benzene rings is 2. The van der Waals surface area contributed by atoms with E-state index in [4.69, 9.17) is 32.5 Å². The zero-order chi connectivity index (χ0) is 34.6. The molecule has 13 N–H and O–H groups in total. The Morgan fingerprint density at radius 2 is 1.57 bits per heavy atom. The summed E-state index contributed by atoms with van der Waals surface area (Å²) in [5, 5.41) is 37.7. The Morgan fingerprint density at radius 1 is 0.936 bits per heavy atom. The van der Waals surface area contributed by atoms with Crippen LogP contribution in [-0.2, 0) is 16.1 Å². The Bertz CT molecular complexity index is 1710. The number of nitrogens with two attached hydrogens (primary N) is 4. The van der Waals surface area contributed by atoms with Crippen LogP contribution in [0.4, 0.5) is 23.1 Å². The number of nitrogens with one attached hydrogen (secondary N) is 1. The predicted molar refractivity (Wildman–Crippen MR) is 178 cm³/mol. The molecule has 0 aliphatic heterocycles. The van der Waals surface area contributed by atoms with Crippen LogP contribution in [0.3, 0.4) is 0 Å². The SMILES string of the molecule is Br.CN.CN(Cc1cnc2nc(N)nc(N)c2n1)c1ccc(C(=O)N[C@@H](CCC(=O)O)C(=O)O)cc1.Nc1ccc(O)c(C(=O)O)c1. The number of hydrogen-bond donors (Lipinski definition) is 9. The highest BCUT2D eigenvalue weighted by Crippen LogP contribution is 2.20. The molecule has 0 bridgehead atoms. The fourth-order valence-electron chi connectivity index (χ4n) is 3.75. The molecule has 0 unspecified atom stereocenters. The Morgan fingerprint density at radius 3 is 2.13 bits per heavy atom. The van der Waals surface area contributed by atoms with Gasteiger partial charge in [0.2, 0.25) is 5.95 Å². The summed E-state index contributed by atoms with van der Waals surface area (Å²) in [6.07, 6.45) is 0.964. The summed E-state index contributed by atoms with van der Waals surface area (Å²) in [6, 6.07) is 9.05. The number of aromatic carboxylic acids is 1. The molecule has 0 aliphatic carbocycles. The van der Waals surface area contributed by atoms with E-state index in [1.165, 1.54) is 37.4 Å². The Labute approximate surface area is 278 Å². The minimum Gasteiger partial charge on any atom is -0.507 e. The van der Waals surface area contributed by atoms with Gasteiger partial charge in [0.05, 0.1) is 18.4 Å². The molecular weight excluding hydrogens is 684 g/mol. The monoisotopic (exact) mass is 718 g/mol. The number of phenols is 1. The number of aromatic nitrogens is 4. The molecular formula is C28H35BrN10O8. The smallest absolute Gasteiger partial charge is 0.339 e. The summed E-state index contributed by atoms with van der Waals surface area (Å²) < 4.78 is 0. The number of carbonyl (C=O) groups is 4. The number of anilines is 4. The van der Waals surface area contributed by atoms with Crippen molar-refractivity contribution in [3.05, 3.63) is 65.5 Å². The lowest BCUT2D eigenvalue weighted by Crippen LogP contribution is -2.41. The Hall–Kier alpha value is -5.82. The highest BCUT2D eigenvalue weighted by Gasteiger charge is 2.21. The summed E-state index contributed by atoms with van der Waals surface area (Å²) in [4.78, 5) is 63.1. The van der Waals surface area contributed by atoms with Crippen LogP contribution in [0.25, 0.3) is 11.2 Å². The van der Waals surface area contributed by atoms with Gasteiger partial charge in [0.15, 0.2) is 17.0 Å². The van der Waals surface area contributed by atoms with E-state index >= 15 is 0 Å². The summed E-state index contributed by atoms with van der Waals surface area (Å²) in [5.41, 5.74) is 23.6. The van der Waals surface area contributed by atoms with Crippen molar-refractivity contribution in [1.29, 1.82) is 0 Å². The van der Waals surface area contributed by atoms with Gasteiger partial charge in [-0.3, -0.25) is 9.59 Å². The zero-order valence-electron chi connectivity index (χ0n) is 25.2. The van der Waals surface area contributed by atoms with E-state index in [0.717, 1.165) is 5.69 Å². The largest absolute Gasteiger partial charge is 0.507 e. The van der Waals surface area contributed by atoms with E-state index in [1.807, 2.05) is 11.9 Å². The van der Waals surface area contributed by atoms with Crippen LogP contribution in [0.2, 0.25) is 0 Å². The maximum absolute atomic E-state index is 12.4. The van der Waals surface area contributed by atoms with E-state index in [0.29, 0.717) is 29.1 Å². The van der Waals surface area contributed by atoms with Crippen molar-refractivity contribution < 1.29 is 39.6 Å². The van der Waals surface area contributed by atoms with Gasteiger partial charge in [0.1, 0.15) is 17.4 Å². The lowest BCUT2D eigenvalue weighted by atomic mass is 10.1. The first kappa shape index (κ1) is 39.2. The molecule has 2 aromatic carbocycles. The van der Waals surface area contributed by atoms with Crippen LogP contribution >= 0.6 is 17.0 Å². The van der Waals surface area contributed by atoms with E-state index < -0.39 is 29.9 Å². The van der Waals surface area contributed by atoms with E-state index in [9.17, 15) is 24.3 Å². The van der Waals surface area contributed by atoms with Crippen molar-refractivity contribution in [3.63, 3.8) is 0 Å². The number of nitrogen functional groups attached to an aromatic ring is 3. The van der Waals surface area contributed by atoms with Gasteiger partial charge in [0, 0.05) is 30.4 Å². The first-order valence-corrected chi connectivity index (χ1v) is 13.3. The minimum absolute atomic E-state index is 0. The first-order valence-electron chi connectivity index (χ1n) is 13.3. The predicted octanol–water partition coefficient (Wildman–Crippen LogP) is 1.09. The normalized spacial score (nSPS) is 10.5. The van der Waals surface area contributed by atoms with Crippen LogP contribution in [0, 0.1) is 0 Å². The van der Waals surface area contributed by atoms with Gasteiger partial charge in [0.25, 0.3) is 5.91 Å². The van der Waals surface area contributed by atoms with Crippen molar-refractivity contribution in [1.82, 2.24) is 25.3 Å². The first-order chi connectivity index (χ1) is 21.7. The number of amides is 1. The molecule has 2 heterocycles. The topological polar surface area (TPSA) is 320 Å². The summed E-state index contributed by atoms with van der Waals surface area (Å²) in [7, 11) is 3.32. The molecule has 0 spiro atoms. The second-order valence-corrected chi connectivity index (χ2v) is 9.28. The van der Waals surface area contributed by atoms with Crippen molar-refractivity contribution in [2.45, 2.75) is 25.4 Å². The number of aromatic hydroxyl groups is 1. The number of fused-ring (bicyclic) bond motifs is 1. The second-order valence-electron chi connectivity index (χ2n) is 9.28. The van der Waals surface area contributed by atoms with E-state index in [2.05, 4.69) is 31.0 Å². The maximum atomic E-state index is 12.4. The molecule has 1 amide bonds. The molecule has 0 saturated carbocycles. The van der Waals surface area contributed by atoms with E-state index in [-0.39, 0.29) is 58.5 Å². The zero-order valence-corrected chi connectivity index (χ0v) is 26.9. The summed E-state index contributed by atoms with van der Waals surface area (Å²) >= 11 is 0. The molecule has 2 aromatic heterocycles. The van der Waals surface area contributed by atoms with Gasteiger partial charge in [-0.05, 0) is 55.9 Å². The van der Waals surface area contributed by atoms with Crippen molar-refractivity contribution in [2.75, 3.05) is 36.2 Å². The maximum Gasteiger partial charge on any atom is 0.339 e. The quantitative estimate of drug-likeness (QED) is 0.0818. The molecule has 0 saturated heterocycles. The standard InChI is InChI=1S/C20H22N8O5.C7H7NO3.CH5N.BrH/c1-28(9-11-8-23-17-15(24-11)16(21)26-20(22)27-17)12-4-2-10(3-5-12)18(31)25-13(19(32)33)6-7-14(29)30;8-4-1-2-6(9)5(3-4)7(10)11;1-2;/h2-5,8,13H,6-7,9H2,1H3,(H,25,31)(H,29,30)(H,32,33)(H4,21,22,23,26,27);1-3,9H,8H2,(H,10,11);2H2,1H3;1H/t13-;;;/m0.../s1. The summed E-state index contributed by atoms with van der Waals surface area (Å²) in [5.74, 6) is -4.36. The van der Waals surface area contributed by atoms with Gasteiger partial charge < -0.3 is 53.6 Å². The van der Waals surface area contributed by atoms with Crippen LogP contribution in [0.5, 0.6) is 5.75 Å². The molecule has 1 atom stereocenters. The number of rotatable bonds is 10. The number of hydrogen-bond acceptors (Lipinski definition) is 14. The molecule has 47 heavy (non-hydrogen) atoms. The van der Waals surface area contributed by atoms with Crippen LogP contribution in [-0.4, -0.2) is 84.3 Å². The highest BCUT2D eigenvalue weighted by atomic mass is 79.9. The van der Waals surface area contributed by atoms with Gasteiger partial charge >= 0.3 is 17.9 Å². The van der Waals surface area contributed by atoms with E-state index in [1.54, 1.807) is 18.3 Å². The molecule has 4 rings (SSSR count). The number of carboxylic acid groups (broad SMARTS) is 3. The van der Waals surface area contributed by atoms with Crippen molar-refractivity contribution in [2.24, 2.45) is 5.73 Å². The molecule has 18 nitrogen and oxygen atoms in total. The number of carboxylic acids is 3. The number of nitrogens with zero attached hydrogens (tertiary/aromatic N) is 5. The molecule has 19 heteroatoms. The third-order valence-corrected chi connectivity index (χ3v) is 5.97. The number of carbonyl (C=O) groups excluding carboxylic acids is 1. The Balaban J connectivity index is 0.000000665. The lowest BCUT2D eigenvalue weighted by Gasteiger charge is -2.19. The fraction of sp³-hybridized carbons (Fsp3) is 0.214. The van der Waals surface area contributed by atoms with Crippen LogP contribution in [0.1, 0.15) is 39.3 Å². The third-order valence-electron chi connectivity index (χ3n) is 5.97. The van der Waals surface area contributed by atoms with Crippen LogP contribution < -0.4 is 33.2 Å². The second kappa shape index (κ2) is 18.2. The molecule has 0 fully saturated rings. The number of aliphatic carboxylic acids is 2. The lowest BCUT2D eigenvalue weighted by molar-refractivity contribution is -0.140.